The Morgan fingerprint density at radius 1 is 1.00 bits per heavy atom. The van der Waals surface area contributed by atoms with Crippen molar-refractivity contribution in [2.75, 3.05) is 45.2 Å². The minimum atomic E-state index is -0.332. The summed E-state index contributed by atoms with van der Waals surface area (Å²) in [6.45, 7) is 3.97. The highest BCUT2D eigenvalue weighted by atomic mass is 16.6. The highest BCUT2D eigenvalue weighted by molar-refractivity contribution is 5.92. The second-order valence-electron chi connectivity index (χ2n) is 6.26. The van der Waals surface area contributed by atoms with Gasteiger partial charge in [-0.15, -0.1) is 0 Å². The van der Waals surface area contributed by atoms with Crippen molar-refractivity contribution in [3.05, 3.63) is 48.3 Å². The number of methoxy groups -OCH3 is 1. The predicted octanol–water partition coefficient (Wildman–Crippen LogP) is 2.75. The van der Waals surface area contributed by atoms with Crippen molar-refractivity contribution < 1.29 is 19.1 Å². The molecule has 2 amide bonds. The first kappa shape index (κ1) is 19.5. The molecule has 0 aliphatic carbocycles. The van der Waals surface area contributed by atoms with E-state index in [-0.39, 0.29) is 12.0 Å². The molecule has 1 aromatic carbocycles. The summed E-state index contributed by atoms with van der Waals surface area (Å²) in [6.07, 6.45) is 1.30. The summed E-state index contributed by atoms with van der Waals surface area (Å²) in [4.78, 5) is 32.0. The van der Waals surface area contributed by atoms with Crippen LogP contribution in [0.2, 0.25) is 0 Å². The quantitative estimate of drug-likeness (QED) is 0.853. The number of nitrogens with one attached hydrogen (secondary N) is 1. The molecule has 28 heavy (non-hydrogen) atoms. The lowest BCUT2D eigenvalue weighted by molar-refractivity contribution is 0.0566. The molecule has 1 fully saturated rings. The zero-order valence-corrected chi connectivity index (χ0v) is 16.1. The van der Waals surface area contributed by atoms with E-state index >= 15 is 0 Å². The van der Waals surface area contributed by atoms with Gasteiger partial charge in [0.15, 0.2) is 0 Å². The minimum Gasteiger partial charge on any atom is -0.497 e. The van der Waals surface area contributed by atoms with E-state index in [4.69, 9.17) is 9.47 Å². The number of carbonyl (C=O) groups excluding carboxylic acids is 2. The average molecular weight is 384 g/mol. The Morgan fingerprint density at radius 2 is 1.64 bits per heavy atom. The number of pyridine rings is 1. The van der Waals surface area contributed by atoms with Crippen molar-refractivity contribution in [1.82, 2.24) is 14.8 Å². The molecule has 1 saturated heterocycles. The molecule has 8 heteroatoms. The third kappa shape index (κ3) is 4.70. The van der Waals surface area contributed by atoms with E-state index in [1.165, 1.54) is 0 Å². The molecule has 8 nitrogen and oxygen atoms in total. The Balaban J connectivity index is 1.55. The van der Waals surface area contributed by atoms with E-state index in [2.05, 4.69) is 10.3 Å². The summed E-state index contributed by atoms with van der Waals surface area (Å²) in [5, 5.41) is 3.23. The first-order valence-electron chi connectivity index (χ1n) is 9.19. The number of carbonyl (C=O) groups is 2. The number of piperazine rings is 1. The molecule has 148 valence electrons. The highest BCUT2D eigenvalue weighted by Crippen LogP contribution is 2.20. The molecule has 0 spiro atoms. The standard InChI is InChI=1S/C20H24N4O4/c1-3-28-20(26)24-12-10-23(11-13-24)19(25)18-9-6-16(14-21-18)22-15-4-7-17(27-2)8-5-15/h4-9,14,22H,3,10-13H2,1-2H3. The molecule has 1 aromatic heterocycles. The molecule has 1 aliphatic heterocycles. The van der Waals surface area contributed by atoms with Crippen LogP contribution in [0.4, 0.5) is 16.2 Å². The minimum absolute atomic E-state index is 0.139. The van der Waals surface area contributed by atoms with Gasteiger partial charge in [0, 0.05) is 31.9 Å². The molecule has 0 bridgehead atoms. The maximum absolute atomic E-state index is 12.6. The second-order valence-corrected chi connectivity index (χ2v) is 6.26. The van der Waals surface area contributed by atoms with Crippen molar-refractivity contribution in [2.24, 2.45) is 0 Å². The largest absolute Gasteiger partial charge is 0.497 e. The van der Waals surface area contributed by atoms with E-state index in [1.807, 2.05) is 30.3 Å². The maximum atomic E-state index is 12.6. The van der Waals surface area contributed by atoms with Crippen LogP contribution in [-0.2, 0) is 4.74 Å². The van der Waals surface area contributed by atoms with Gasteiger partial charge in [0.2, 0.25) is 0 Å². The van der Waals surface area contributed by atoms with Crippen LogP contribution in [0.15, 0.2) is 42.6 Å². The first-order valence-corrected chi connectivity index (χ1v) is 9.19. The van der Waals surface area contributed by atoms with E-state index in [1.54, 1.807) is 36.1 Å². The van der Waals surface area contributed by atoms with E-state index in [9.17, 15) is 9.59 Å². The zero-order valence-electron chi connectivity index (χ0n) is 16.1. The third-order valence-electron chi connectivity index (χ3n) is 4.45. The van der Waals surface area contributed by atoms with Gasteiger partial charge in [-0.3, -0.25) is 4.79 Å². The Hall–Kier alpha value is -3.29. The number of aromatic nitrogens is 1. The summed E-state index contributed by atoms with van der Waals surface area (Å²) in [5.41, 5.74) is 2.07. The Morgan fingerprint density at radius 3 is 2.21 bits per heavy atom. The number of amides is 2. The molecule has 1 aliphatic rings. The fourth-order valence-electron chi connectivity index (χ4n) is 2.90. The monoisotopic (exact) mass is 384 g/mol. The van der Waals surface area contributed by atoms with Crippen LogP contribution in [0.25, 0.3) is 0 Å². The van der Waals surface area contributed by atoms with Crippen LogP contribution in [-0.4, -0.2) is 66.7 Å². The van der Waals surface area contributed by atoms with Gasteiger partial charge in [0.05, 0.1) is 25.6 Å². The van der Waals surface area contributed by atoms with Gasteiger partial charge < -0.3 is 24.6 Å². The number of rotatable bonds is 5. The second kappa shape index (κ2) is 9.07. The van der Waals surface area contributed by atoms with Crippen LogP contribution >= 0.6 is 0 Å². The summed E-state index contributed by atoms with van der Waals surface area (Å²) < 4.78 is 10.1. The molecule has 0 unspecified atom stereocenters. The normalized spacial score (nSPS) is 13.8. The number of hydrogen-bond donors (Lipinski definition) is 1. The zero-order chi connectivity index (χ0) is 19.9. The predicted molar refractivity (Wildman–Crippen MR) is 105 cm³/mol. The first-order chi connectivity index (χ1) is 13.6. The smallest absolute Gasteiger partial charge is 0.409 e. The molecule has 0 saturated carbocycles. The summed E-state index contributed by atoms with van der Waals surface area (Å²) in [7, 11) is 1.62. The van der Waals surface area contributed by atoms with Crippen molar-refractivity contribution in [2.45, 2.75) is 6.92 Å². The van der Waals surface area contributed by atoms with Crippen LogP contribution in [0.3, 0.4) is 0 Å². The van der Waals surface area contributed by atoms with Gasteiger partial charge in [-0.2, -0.15) is 0 Å². The third-order valence-corrected chi connectivity index (χ3v) is 4.45. The van der Waals surface area contributed by atoms with Crippen molar-refractivity contribution in [3.63, 3.8) is 0 Å². The number of hydrogen-bond acceptors (Lipinski definition) is 6. The summed E-state index contributed by atoms with van der Waals surface area (Å²) in [6, 6.07) is 11.1. The topological polar surface area (TPSA) is 84.0 Å². The number of anilines is 2. The van der Waals surface area contributed by atoms with Crippen LogP contribution < -0.4 is 10.1 Å². The lowest BCUT2D eigenvalue weighted by atomic mass is 10.2. The Bertz CT molecular complexity index is 800. The van der Waals surface area contributed by atoms with Gasteiger partial charge in [-0.25, -0.2) is 9.78 Å². The average Bonchev–Trinajstić information content (AvgIpc) is 2.74. The highest BCUT2D eigenvalue weighted by Gasteiger charge is 2.26. The van der Waals surface area contributed by atoms with Gasteiger partial charge in [-0.1, -0.05) is 0 Å². The Kier molecular flexibility index (Phi) is 6.31. The molecule has 1 N–H and O–H groups in total. The van der Waals surface area contributed by atoms with E-state index in [0.717, 1.165) is 17.1 Å². The van der Waals surface area contributed by atoms with Crippen LogP contribution in [0, 0.1) is 0 Å². The Labute approximate surface area is 164 Å². The lowest BCUT2D eigenvalue weighted by Gasteiger charge is -2.33. The van der Waals surface area contributed by atoms with E-state index < -0.39 is 0 Å². The SMILES string of the molecule is CCOC(=O)N1CCN(C(=O)c2ccc(Nc3ccc(OC)cc3)cn2)CC1. The maximum Gasteiger partial charge on any atom is 0.409 e. The number of ether oxygens (including phenoxy) is 2. The number of nitrogens with zero attached hydrogens (tertiary/aromatic N) is 3. The summed E-state index contributed by atoms with van der Waals surface area (Å²) >= 11 is 0. The van der Waals surface area contributed by atoms with Gasteiger partial charge in [-0.05, 0) is 43.3 Å². The van der Waals surface area contributed by atoms with E-state index in [0.29, 0.717) is 38.5 Å². The number of benzene rings is 1. The molecule has 0 radical (unpaired) electrons. The molecular weight excluding hydrogens is 360 g/mol. The fourth-order valence-corrected chi connectivity index (χ4v) is 2.90. The summed E-state index contributed by atoms with van der Waals surface area (Å²) in [5.74, 6) is 0.646. The van der Waals surface area contributed by atoms with Crippen molar-refractivity contribution in [1.29, 1.82) is 0 Å². The molecular formula is C20H24N4O4. The van der Waals surface area contributed by atoms with Gasteiger partial charge in [0.25, 0.3) is 5.91 Å². The molecule has 0 atom stereocenters. The van der Waals surface area contributed by atoms with Crippen LogP contribution in [0.1, 0.15) is 17.4 Å². The lowest BCUT2D eigenvalue weighted by Crippen LogP contribution is -2.50. The fraction of sp³-hybridized carbons (Fsp3) is 0.350. The van der Waals surface area contributed by atoms with Gasteiger partial charge >= 0.3 is 6.09 Å². The van der Waals surface area contributed by atoms with Crippen molar-refractivity contribution in [3.8, 4) is 5.75 Å². The van der Waals surface area contributed by atoms with Gasteiger partial charge in [0.1, 0.15) is 11.4 Å². The molecule has 3 rings (SSSR count). The molecule has 2 aromatic rings. The van der Waals surface area contributed by atoms with Crippen LogP contribution in [0.5, 0.6) is 5.75 Å². The van der Waals surface area contributed by atoms with Crippen molar-refractivity contribution >= 4 is 23.4 Å². The molecule has 2 heterocycles.